The van der Waals surface area contributed by atoms with Gasteiger partial charge in [-0.2, -0.15) is 0 Å². The monoisotopic (exact) mass is 319 g/mol. The Morgan fingerprint density at radius 2 is 1.40 bits per heavy atom. The molecule has 1 aliphatic rings. The first-order chi connectivity index (χ1) is 4.11. The number of nitrogens with zero attached hydrogens (tertiary/aromatic N) is 1. The average molecular weight is 319 g/mol. The van der Waals surface area contributed by atoms with Crippen LogP contribution in [-0.2, 0) is 21.1 Å². The van der Waals surface area contributed by atoms with Gasteiger partial charge in [0.15, 0.2) is 0 Å². The Balaban J connectivity index is 0.000000810. The van der Waals surface area contributed by atoms with Gasteiger partial charge in [-0.05, 0) is 12.2 Å². The van der Waals surface area contributed by atoms with Gasteiger partial charge >= 0.3 is 21.1 Å². The van der Waals surface area contributed by atoms with Gasteiger partial charge in [0, 0.05) is 0 Å². The van der Waals surface area contributed by atoms with Gasteiger partial charge in [0.05, 0.1) is 21.1 Å². The van der Waals surface area contributed by atoms with Crippen LogP contribution < -0.4 is 0 Å². The fraction of sp³-hybridized carbons (Fsp3) is 0.500. The third kappa shape index (κ3) is 2.40. The van der Waals surface area contributed by atoms with Crippen molar-refractivity contribution in [3.05, 3.63) is 24.3 Å². The van der Waals surface area contributed by atoms with E-state index in [0.29, 0.717) is 6.04 Å². The minimum atomic E-state index is 0. The zero-order chi connectivity index (χ0) is 6.91. The van der Waals surface area contributed by atoms with Crippen LogP contribution in [0.3, 0.4) is 0 Å². The summed E-state index contributed by atoms with van der Waals surface area (Å²) < 4.78 is 0.993. The summed E-state index contributed by atoms with van der Waals surface area (Å²) in [6.45, 7) is 0. The summed E-state index contributed by atoms with van der Waals surface area (Å²) in [5.41, 5.74) is 0. The quantitative estimate of drug-likeness (QED) is 0.637. The van der Waals surface area contributed by atoms with Crippen molar-refractivity contribution < 1.29 is 25.5 Å². The van der Waals surface area contributed by atoms with E-state index in [1.165, 1.54) is 0 Å². The molecule has 0 aromatic heterocycles. The van der Waals surface area contributed by atoms with E-state index in [0.717, 1.165) is 4.48 Å². The van der Waals surface area contributed by atoms with E-state index in [1.807, 2.05) is 0 Å². The second-order valence-corrected chi connectivity index (χ2v) is 3.38. The molecule has 0 aliphatic heterocycles. The second-order valence-electron chi connectivity index (χ2n) is 3.38. The van der Waals surface area contributed by atoms with Crippen LogP contribution in [0.15, 0.2) is 24.3 Å². The molecule has 10 heavy (non-hydrogen) atoms. The maximum absolute atomic E-state index is 2.22. The van der Waals surface area contributed by atoms with Crippen molar-refractivity contribution in [2.24, 2.45) is 0 Å². The zero-order valence-corrected chi connectivity index (χ0v) is 8.92. The second kappa shape index (κ2) is 3.50. The summed E-state index contributed by atoms with van der Waals surface area (Å²) in [6, 6.07) is 0.588. The molecule has 0 fully saturated rings. The van der Waals surface area contributed by atoms with Gasteiger partial charge in [0.25, 0.3) is 0 Å². The molecule has 1 rings (SSSR count). The smallest absolute Gasteiger partial charge is 0.322 e. The van der Waals surface area contributed by atoms with Gasteiger partial charge in [-0.25, -0.2) is 0 Å². The first kappa shape index (κ1) is 10.1. The van der Waals surface area contributed by atoms with E-state index in [-0.39, 0.29) is 21.1 Å². The van der Waals surface area contributed by atoms with Gasteiger partial charge < -0.3 is 4.48 Å². The fourth-order valence-corrected chi connectivity index (χ4v) is 0.937. The largest absolute Gasteiger partial charge is 2.00 e. The van der Waals surface area contributed by atoms with E-state index >= 15 is 0 Å². The van der Waals surface area contributed by atoms with E-state index < -0.39 is 0 Å². The van der Waals surface area contributed by atoms with Gasteiger partial charge in [-0.1, -0.05) is 12.2 Å². The molecule has 0 bridgehead atoms. The summed E-state index contributed by atoms with van der Waals surface area (Å²) >= 11 is 0. The Bertz CT molecular complexity index is 141. The van der Waals surface area contributed by atoms with Crippen LogP contribution >= 0.6 is 0 Å². The molecule has 0 atom stereocenters. The van der Waals surface area contributed by atoms with Crippen LogP contribution in [-0.4, -0.2) is 31.7 Å². The van der Waals surface area contributed by atoms with Crippen LogP contribution in [0, 0.1) is 0 Å². The molecule has 0 heterocycles. The van der Waals surface area contributed by atoms with Crippen molar-refractivity contribution in [2.45, 2.75) is 6.04 Å². The van der Waals surface area contributed by atoms with Gasteiger partial charge in [0.2, 0.25) is 0 Å². The molecule has 0 saturated carbocycles. The molecule has 1 aliphatic carbocycles. The van der Waals surface area contributed by atoms with E-state index in [1.54, 1.807) is 0 Å². The first-order valence-corrected chi connectivity index (χ1v) is 3.27. The molecule has 0 radical (unpaired) electrons. The number of likely N-dealkylation sites (N-methyl/N-ethyl adjacent to an activating group) is 1. The van der Waals surface area contributed by atoms with Gasteiger partial charge in [-0.15, -0.1) is 0 Å². The molecule has 0 aromatic carbocycles. The van der Waals surface area contributed by atoms with E-state index in [4.69, 9.17) is 0 Å². The number of allylic oxidation sites excluding steroid dienone is 2. The van der Waals surface area contributed by atoms with Crippen molar-refractivity contribution >= 4 is 0 Å². The molecule has 1 nitrogen and oxygen atoms in total. The maximum atomic E-state index is 2.22. The third-order valence-corrected chi connectivity index (χ3v) is 1.62. The van der Waals surface area contributed by atoms with Crippen molar-refractivity contribution in [3.63, 3.8) is 0 Å². The average Bonchev–Trinajstić information content (AvgIpc) is 2.08. The Morgan fingerprint density at radius 1 is 1.00 bits per heavy atom. The first-order valence-electron chi connectivity index (χ1n) is 3.27. The Morgan fingerprint density at radius 3 is 1.60 bits per heavy atom. The predicted octanol–water partition coefficient (Wildman–Crippen LogP) is 1.18. The predicted molar refractivity (Wildman–Crippen MR) is 40.1 cm³/mol. The van der Waals surface area contributed by atoms with Crippen molar-refractivity contribution in [3.8, 4) is 0 Å². The summed E-state index contributed by atoms with van der Waals surface area (Å²) in [6.07, 6.45) is 8.66. The zero-order valence-electron chi connectivity index (χ0n) is 6.65. The third-order valence-electron chi connectivity index (χ3n) is 1.62. The Labute approximate surface area is 77.3 Å². The fourth-order valence-electron chi connectivity index (χ4n) is 0.937. The molecule has 58 valence electrons. The molecule has 2 heteroatoms. The number of quaternary nitrogens is 1. The maximum Gasteiger partial charge on any atom is 2.00 e. The minimum Gasteiger partial charge on any atom is -0.322 e. The molecule has 0 N–H and O–H groups in total. The topological polar surface area (TPSA) is 0 Å². The Hall–Kier alpha value is 0.128. The van der Waals surface area contributed by atoms with Crippen LogP contribution in [0.4, 0.5) is 0 Å². The summed E-state index contributed by atoms with van der Waals surface area (Å²) in [4.78, 5) is 0. The van der Waals surface area contributed by atoms with Crippen LogP contribution in [0.5, 0.6) is 0 Å². The normalized spacial score (nSPS) is 17.5. The summed E-state index contributed by atoms with van der Waals surface area (Å²) in [5, 5.41) is 0. The Kier molecular flexibility index (Phi) is 3.54. The molecular formula is C8H14NPt+3. The SMILES string of the molecule is C[N+](C)(C)C1C=CC=C1.[Pt+2]. The minimum absolute atomic E-state index is 0. The van der Waals surface area contributed by atoms with Crippen molar-refractivity contribution in [1.82, 2.24) is 0 Å². The van der Waals surface area contributed by atoms with Crippen LogP contribution in [0.2, 0.25) is 0 Å². The summed E-state index contributed by atoms with van der Waals surface area (Å²) in [5.74, 6) is 0. The van der Waals surface area contributed by atoms with Crippen LogP contribution in [0.1, 0.15) is 0 Å². The standard InChI is InChI=1S/C8H14N.Pt/c1-9(2,3)8-6-4-5-7-8;/h4-8H,1-3H3;/q+1;+2. The molecule has 0 saturated heterocycles. The molecular weight excluding hydrogens is 305 g/mol. The molecule has 0 spiro atoms. The van der Waals surface area contributed by atoms with Crippen molar-refractivity contribution in [1.29, 1.82) is 0 Å². The van der Waals surface area contributed by atoms with Gasteiger partial charge in [0.1, 0.15) is 6.04 Å². The molecule has 0 unspecified atom stereocenters. The van der Waals surface area contributed by atoms with Crippen molar-refractivity contribution in [2.75, 3.05) is 21.1 Å². The number of rotatable bonds is 1. The number of hydrogen-bond donors (Lipinski definition) is 0. The van der Waals surface area contributed by atoms with E-state index in [2.05, 4.69) is 45.4 Å². The van der Waals surface area contributed by atoms with E-state index in [9.17, 15) is 0 Å². The molecule has 0 aromatic rings. The molecule has 0 amide bonds. The number of hydrogen-bond acceptors (Lipinski definition) is 0. The van der Waals surface area contributed by atoms with Crippen LogP contribution in [0.25, 0.3) is 0 Å². The van der Waals surface area contributed by atoms with Gasteiger partial charge in [-0.3, -0.25) is 0 Å². The summed E-state index contributed by atoms with van der Waals surface area (Å²) in [7, 11) is 6.60.